The summed E-state index contributed by atoms with van der Waals surface area (Å²) in [6.07, 6.45) is -0.409. The van der Waals surface area contributed by atoms with Crippen molar-refractivity contribution in [3.63, 3.8) is 0 Å². The lowest BCUT2D eigenvalue weighted by Gasteiger charge is -2.33. The second-order valence-electron chi connectivity index (χ2n) is 11.7. The van der Waals surface area contributed by atoms with Crippen molar-refractivity contribution in [3.8, 4) is 28.9 Å². The highest BCUT2D eigenvalue weighted by atomic mass is 19.1. The molecule has 10 nitrogen and oxygen atoms in total. The van der Waals surface area contributed by atoms with E-state index in [1.807, 2.05) is 43.9 Å². The summed E-state index contributed by atoms with van der Waals surface area (Å²) in [5.74, 6) is 0.451. The van der Waals surface area contributed by atoms with E-state index in [0.29, 0.717) is 61.5 Å². The maximum Gasteiger partial charge on any atom is 0.405 e. The first-order valence-electron chi connectivity index (χ1n) is 13.7. The maximum absolute atomic E-state index is 13.7. The summed E-state index contributed by atoms with van der Waals surface area (Å²) >= 11 is 0. The van der Waals surface area contributed by atoms with Gasteiger partial charge in [-0.05, 0) is 60.1 Å². The SMILES string of the molecule is CC(C)(C)C(NC(=O)O)C(=O)N1CCc2ccc(-c3noc(-c4ccc(N5CCC(F)C5)c(C#N)c4)n3)cc2CC1. The Morgan fingerprint density at radius 3 is 2.51 bits per heavy atom. The van der Waals surface area contributed by atoms with Gasteiger partial charge in [-0.3, -0.25) is 4.79 Å². The van der Waals surface area contributed by atoms with Crippen LogP contribution in [0.15, 0.2) is 40.9 Å². The number of rotatable bonds is 5. The van der Waals surface area contributed by atoms with Crippen LogP contribution in [0.25, 0.3) is 22.8 Å². The lowest BCUT2D eigenvalue weighted by Crippen LogP contribution is -2.54. The average Bonchev–Trinajstić information content (AvgIpc) is 3.55. The number of aromatic nitrogens is 2. The van der Waals surface area contributed by atoms with Crippen molar-refractivity contribution in [3.05, 3.63) is 53.1 Å². The Hall–Kier alpha value is -4.46. The standard InChI is InChI=1S/C30H33FN6O4/c1-30(2,3)25(33-29(39)40)28(38)36-11-8-18-4-5-20(14-19(18)9-12-36)26-34-27(41-35-26)21-6-7-24(22(15-21)16-32)37-13-10-23(31)17-37/h4-7,14-15,23,25,33H,8-13,17H2,1-3H3,(H,39,40). The van der Waals surface area contributed by atoms with E-state index in [1.165, 1.54) is 0 Å². The number of halogens is 1. The maximum atomic E-state index is 13.7. The van der Waals surface area contributed by atoms with E-state index in [0.717, 1.165) is 16.7 Å². The molecule has 1 fully saturated rings. The molecule has 0 radical (unpaired) electrons. The number of alkyl halides is 1. The predicted octanol–water partition coefficient (Wildman–Crippen LogP) is 4.43. The molecule has 0 spiro atoms. The number of amides is 2. The van der Waals surface area contributed by atoms with Crippen LogP contribution in [0.3, 0.4) is 0 Å². The minimum Gasteiger partial charge on any atom is -0.465 e. The Morgan fingerprint density at radius 2 is 1.85 bits per heavy atom. The normalized spacial score (nSPS) is 17.9. The van der Waals surface area contributed by atoms with Crippen molar-refractivity contribution in [1.29, 1.82) is 5.26 Å². The van der Waals surface area contributed by atoms with Gasteiger partial charge in [0.05, 0.1) is 11.3 Å². The molecule has 5 rings (SSSR count). The Labute approximate surface area is 237 Å². The van der Waals surface area contributed by atoms with Gasteiger partial charge in [0.2, 0.25) is 11.7 Å². The van der Waals surface area contributed by atoms with E-state index in [1.54, 1.807) is 23.1 Å². The van der Waals surface area contributed by atoms with Gasteiger partial charge >= 0.3 is 6.09 Å². The van der Waals surface area contributed by atoms with Crippen LogP contribution in [-0.2, 0) is 17.6 Å². The number of carboxylic acid groups (broad SMARTS) is 1. The van der Waals surface area contributed by atoms with Crippen LogP contribution in [0.4, 0.5) is 14.9 Å². The summed E-state index contributed by atoms with van der Waals surface area (Å²) in [7, 11) is 0. The summed E-state index contributed by atoms with van der Waals surface area (Å²) in [4.78, 5) is 32.8. The third-order valence-corrected chi connectivity index (χ3v) is 7.72. The number of carbonyl (C=O) groups is 2. The molecule has 2 unspecified atom stereocenters. The Morgan fingerprint density at radius 1 is 1.12 bits per heavy atom. The molecule has 2 aromatic carbocycles. The van der Waals surface area contributed by atoms with Crippen LogP contribution < -0.4 is 10.2 Å². The van der Waals surface area contributed by atoms with E-state index in [2.05, 4.69) is 21.5 Å². The zero-order valence-corrected chi connectivity index (χ0v) is 23.4. The minimum atomic E-state index is -1.22. The van der Waals surface area contributed by atoms with E-state index >= 15 is 0 Å². The summed E-state index contributed by atoms with van der Waals surface area (Å²) in [6, 6.07) is 12.5. The molecular weight excluding hydrogens is 527 g/mol. The number of hydrogen-bond donors (Lipinski definition) is 2. The van der Waals surface area contributed by atoms with Crippen LogP contribution in [0, 0.1) is 16.7 Å². The van der Waals surface area contributed by atoms with Gasteiger partial charge in [0.1, 0.15) is 18.3 Å². The zero-order chi connectivity index (χ0) is 29.3. The third kappa shape index (κ3) is 6.01. The van der Waals surface area contributed by atoms with Gasteiger partial charge < -0.3 is 24.7 Å². The first-order chi connectivity index (χ1) is 19.5. The summed E-state index contributed by atoms with van der Waals surface area (Å²) in [5, 5.41) is 25.5. The molecule has 0 aliphatic carbocycles. The average molecular weight is 561 g/mol. The molecule has 2 amide bonds. The first-order valence-corrected chi connectivity index (χ1v) is 13.7. The molecule has 11 heteroatoms. The molecule has 2 atom stereocenters. The lowest BCUT2D eigenvalue weighted by molar-refractivity contribution is -0.135. The fraction of sp³-hybridized carbons (Fsp3) is 0.433. The van der Waals surface area contributed by atoms with Crippen molar-refractivity contribution in [2.75, 3.05) is 31.1 Å². The van der Waals surface area contributed by atoms with Gasteiger partial charge in [0.15, 0.2) is 0 Å². The molecule has 0 bridgehead atoms. The molecular formula is C30H33FN6O4. The van der Waals surface area contributed by atoms with Crippen LogP contribution in [-0.4, -0.2) is 70.5 Å². The number of nitriles is 1. The number of anilines is 1. The number of hydrogen-bond acceptors (Lipinski definition) is 7. The molecule has 0 saturated carbocycles. The highest BCUT2D eigenvalue weighted by Gasteiger charge is 2.36. The minimum absolute atomic E-state index is 0.229. The molecule has 2 N–H and O–H groups in total. The smallest absolute Gasteiger partial charge is 0.405 e. The molecule has 2 aliphatic rings. The predicted molar refractivity (Wildman–Crippen MR) is 150 cm³/mol. The monoisotopic (exact) mass is 560 g/mol. The fourth-order valence-electron chi connectivity index (χ4n) is 5.47. The molecule has 1 saturated heterocycles. The van der Waals surface area contributed by atoms with Gasteiger partial charge in [-0.15, -0.1) is 0 Å². The van der Waals surface area contributed by atoms with E-state index < -0.39 is 23.7 Å². The van der Waals surface area contributed by atoms with Crippen molar-refractivity contribution in [2.45, 2.75) is 52.2 Å². The number of nitrogens with one attached hydrogen (secondary N) is 1. The van der Waals surface area contributed by atoms with Crippen molar-refractivity contribution >= 4 is 17.7 Å². The van der Waals surface area contributed by atoms with Gasteiger partial charge in [0.25, 0.3) is 5.89 Å². The number of fused-ring (bicyclic) bond motifs is 1. The quantitative estimate of drug-likeness (QED) is 0.468. The second-order valence-corrected chi connectivity index (χ2v) is 11.7. The van der Waals surface area contributed by atoms with Gasteiger partial charge in [-0.1, -0.05) is 38.1 Å². The Bertz CT molecular complexity index is 1510. The Balaban J connectivity index is 1.32. The topological polar surface area (TPSA) is 136 Å². The highest BCUT2D eigenvalue weighted by Crippen LogP contribution is 2.31. The molecule has 41 heavy (non-hydrogen) atoms. The van der Waals surface area contributed by atoms with Gasteiger partial charge in [0, 0.05) is 37.3 Å². The van der Waals surface area contributed by atoms with Crippen LogP contribution >= 0.6 is 0 Å². The zero-order valence-electron chi connectivity index (χ0n) is 23.4. The van der Waals surface area contributed by atoms with E-state index in [-0.39, 0.29) is 18.3 Å². The van der Waals surface area contributed by atoms with Crippen molar-refractivity contribution in [1.82, 2.24) is 20.4 Å². The Kier molecular flexibility index (Phi) is 7.67. The number of nitrogens with zero attached hydrogens (tertiary/aromatic N) is 5. The van der Waals surface area contributed by atoms with Crippen molar-refractivity contribution < 1.29 is 23.6 Å². The highest BCUT2D eigenvalue weighted by molar-refractivity contribution is 5.86. The largest absolute Gasteiger partial charge is 0.465 e. The fourth-order valence-corrected chi connectivity index (χ4v) is 5.47. The lowest BCUT2D eigenvalue weighted by atomic mass is 9.86. The first kappa shape index (κ1) is 28.1. The van der Waals surface area contributed by atoms with E-state index in [9.17, 15) is 24.3 Å². The van der Waals surface area contributed by atoms with Crippen LogP contribution in [0.2, 0.25) is 0 Å². The van der Waals surface area contributed by atoms with Gasteiger partial charge in [-0.2, -0.15) is 10.2 Å². The molecule has 1 aromatic heterocycles. The summed E-state index contributed by atoms with van der Waals surface area (Å²) in [5.41, 5.74) is 4.09. The molecule has 2 aliphatic heterocycles. The number of benzene rings is 2. The molecule has 3 heterocycles. The molecule has 214 valence electrons. The van der Waals surface area contributed by atoms with Crippen LogP contribution in [0.1, 0.15) is 43.9 Å². The summed E-state index contributed by atoms with van der Waals surface area (Å²) in [6.45, 7) is 7.32. The van der Waals surface area contributed by atoms with Gasteiger partial charge in [-0.25, -0.2) is 9.18 Å². The van der Waals surface area contributed by atoms with Crippen LogP contribution in [0.5, 0.6) is 0 Å². The number of carbonyl (C=O) groups excluding carboxylic acids is 1. The molecule has 3 aromatic rings. The summed E-state index contributed by atoms with van der Waals surface area (Å²) < 4.78 is 19.2. The van der Waals surface area contributed by atoms with E-state index in [4.69, 9.17) is 4.52 Å². The second kappa shape index (κ2) is 11.2. The van der Waals surface area contributed by atoms with Crippen molar-refractivity contribution in [2.24, 2.45) is 5.41 Å². The third-order valence-electron chi connectivity index (χ3n) is 7.72.